The minimum absolute atomic E-state index is 0.101. The Morgan fingerprint density at radius 1 is 1.32 bits per heavy atom. The first-order chi connectivity index (χ1) is 13.6. The predicted octanol–water partition coefficient (Wildman–Crippen LogP) is 2.05. The smallest absolute Gasteiger partial charge is 0.328 e. The minimum Gasteiger partial charge on any atom is -0.425 e. The first-order valence-electron chi connectivity index (χ1n) is 9.38. The van der Waals surface area contributed by atoms with Crippen molar-refractivity contribution in [1.82, 2.24) is 15.8 Å². The molecule has 1 atom stereocenters. The fourth-order valence-electron chi connectivity index (χ4n) is 3.29. The molecule has 28 heavy (non-hydrogen) atoms. The summed E-state index contributed by atoms with van der Waals surface area (Å²) in [4.78, 5) is 29.1. The molecule has 1 amide bonds. The first-order valence-corrected chi connectivity index (χ1v) is 10.2. The van der Waals surface area contributed by atoms with Crippen LogP contribution in [-0.2, 0) is 9.59 Å². The van der Waals surface area contributed by atoms with Gasteiger partial charge in [0.2, 0.25) is 0 Å². The van der Waals surface area contributed by atoms with Gasteiger partial charge in [0, 0.05) is 24.7 Å². The highest BCUT2D eigenvalue weighted by Crippen LogP contribution is 2.33. The molecule has 2 fully saturated rings. The highest BCUT2D eigenvalue weighted by atomic mass is 32.2. The highest BCUT2D eigenvalue weighted by molar-refractivity contribution is 8.18. The van der Waals surface area contributed by atoms with Gasteiger partial charge in [-0.3, -0.25) is 9.80 Å². The van der Waals surface area contributed by atoms with Crippen LogP contribution in [0.25, 0.3) is 6.08 Å². The van der Waals surface area contributed by atoms with Crippen LogP contribution >= 0.6 is 11.8 Å². The van der Waals surface area contributed by atoms with Crippen molar-refractivity contribution in [3.63, 3.8) is 0 Å². The second kappa shape index (κ2) is 8.42. The number of carbonyl (C=O) groups excluding carboxylic acids is 2. The van der Waals surface area contributed by atoms with Crippen molar-refractivity contribution in [2.45, 2.75) is 31.7 Å². The zero-order valence-corrected chi connectivity index (χ0v) is 16.1. The summed E-state index contributed by atoms with van der Waals surface area (Å²) in [6.07, 6.45) is 5.31. The number of nitrogens with zero attached hydrogens (tertiary/aromatic N) is 2. The van der Waals surface area contributed by atoms with E-state index in [1.165, 1.54) is 23.9 Å². The Balaban J connectivity index is 1.52. The van der Waals surface area contributed by atoms with Gasteiger partial charge in [0.25, 0.3) is 5.91 Å². The molecule has 4 rings (SSSR count). The molecule has 3 heterocycles. The van der Waals surface area contributed by atoms with Gasteiger partial charge in [0.1, 0.15) is 17.6 Å². The maximum absolute atomic E-state index is 13.7. The molecule has 148 valence electrons. The molecule has 0 bridgehead atoms. The molecule has 0 saturated carbocycles. The average molecular weight is 404 g/mol. The van der Waals surface area contributed by atoms with Crippen LogP contribution in [0.5, 0.6) is 5.75 Å². The van der Waals surface area contributed by atoms with Crippen LogP contribution in [-0.4, -0.2) is 47.7 Å². The number of ether oxygens (including phenoxy) is 1. The van der Waals surface area contributed by atoms with Gasteiger partial charge >= 0.3 is 5.97 Å². The second-order valence-electron chi connectivity index (χ2n) is 6.83. The lowest BCUT2D eigenvalue weighted by Gasteiger charge is -2.28. The quantitative estimate of drug-likeness (QED) is 0.453. The summed E-state index contributed by atoms with van der Waals surface area (Å²) in [5, 5.41) is 5.54. The first kappa shape index (κ1) is 19.1. The van der Waals surface area contributed by atoms with Crippen molar-refractivity contribution in [3.8, 4) is 5.75 Å². The minimum atomic E-state index is -0.510. The number of nitrogens with one attached hydrogen (secondary N) is 2. The van der Waals surface area contributed by atoms with E-state index in [-0.39, 0.29) is 17.7 Å². The summed E-state index contributed by atoms with van der Waals surface area (Å²) in [5.41, 5.74) is 3.68. The molecule has 3 aliphatic heterocycles. The largest absolute Gasteiger partial charge is 0.425 e. The van der Waals surface area contributed by atoms with E-state index in [0.29, 0.717) is 22.1 Å². The lowest BCUT2D eigenvalue weighted by molar-refractivity contribution is -0.136. The number of carbonyl (C=O) groups is 2. The summed E-state index contributed by atoms with van der Waals surface area (Å²) in [6.45, 7) is 2.40. The number of rotatable bonds is 3. The number of aliphatic imine (C=N–C) groups is 1. The number of benzene rings is 1. The van der Waals surface area contributed by atoms with Crippen molar-refractivity contribution in [2.75, 3.05) is 19.6 Å². The molecule has 0 spiro atoms. The third-order valence-electron chi connectivity index (χ3n) is 4.77. The van der Waals surface area contributed by atoms with Gasteiger partial charge in [0.15, 0.2) is 5.17 Å². The van der Waals surface area contributed by atoms with Crippen LogP contribution in [0.2, 0.25) is 0 Å². The van der Waals surface area contributed by atoms with E-state index < -0.39 is 11.8 Å². The molecule has 1 unspecified atom stereocenters. The van der Waals surface area contributed by atoms with Crippen LogP contribution < -0.4 is 15.5 Å². The monoisotopic (exact) mass is 404 g/mol. The summed E-state index contributed by atoms with van der Waals surface area (Å²) < 4.78 is 19.2. The average Bonchev–Trinajstić information content (AvgIpc) is 3.35. The third-order valence-corrected chi connectivity index (χ3v) is 5.78. The van der Waals surface area contributed by atoms with E-state index in [9.17, 15) is 14.0 Å². The van der Waals surface area contributed by atoms with Gasteiger partial charge in [-0.05, 0) is 62.2 Å². The summed E-state index contributed by atoms with van der Waals surface area (Å²) in [5.74, 6) is -1.21. The SMILES string of the molecule is O=C1N=C(N2CCCCN2)SC1=Cc1ccc(F)cc1OC(=O)C1CCCN1. The summed E-state index contributed by atoms with van der Waals surface area (Å²) >= 11 is 1.26. The standard InChI is InChI=1S/C19H21FN4O3S/c20-13-6-5-12(15(11-13)27-18(26)14-4-3-7-21-14)10-16-17(25)23-19(28-16)24-9-2-1-8-22-24/h5-6,10-11,14,21-22H,1-4,7-9H2. The molecule has 0 radical (unpaired) electrons. The van der Waals surface area contributed by atoms with Gasteiger partial charge < -0.3 is 10.1 Å². The topological polar surface area (TPSA) is 83.0 Å². The Morgan fingerprint density at radius 3 is 2.96 bits per heavy atom. The van der Waals surface area contributed by atoms with Gasteiger partial charge in [-0.2, -0.15) is 4.99 Å². The van der Waals surface area contributed by atoms with Crippen LogP contribution in [0, 0.1) is 5.82 Å². The van der Waals surface area contributed by atoms with Gasteiger partial charge in [-0.15, -0.1) is 0 Å². The van der Waals surface area contributed by atoms with Crippen molar-refractivity contribution in [3.05, 3.63) is 34.5 Å². The lowest BCUT2D eigenvalue weighted by atomic mass is 10.1. The van der Waals surface area contributed by atoms with E-state index in [2.05, 4.69) is 15.7 Å². The fraction of sp³-hybridized carbons (Fsp3) is 0.421. The number of thioether (sulfide) groups is 1. The molecular weight excluding hydrogens is 383 g/mol. The van der Waals surface area contributed by atoms with Crippen LogP contribution in [0.15, 0.2) is 28.1 Å². The van der Waals surface area contributed by atoms with Crippen molar-refractivity contribution in [1.29, 1.82) is 0 Å². The van der Waals surface area contributed by atoms with Crippen molar-refractivity contribution in [2.24, 2.45) is 4.99 Å². The molecule has 2 saturated heterocycles. The molecule has 0 aliphatic carbocycles. The van der Waals surface area contributed by atoms with E-state index >= 15 is 0 Å². The second-order valence-corrected chi connectivity index (χ2v) is 7.84. The number of hydrogen-bond donors (Lipinski definition) is 2. The molecular formula is C19H21FN4O3S. The van der Waals surface area contributed by atoms with E-state index in [0.717, 1.165) is 45.0 Å². The number of amidine groups is 1. The van der Waals surface area contributed by atoms with Crippen molar-refractivity contribution < 1.29 is 18.7 Å². The Bertz CT molecular complexity index is 846. The van der Waals surface area contributed by atoms with Crippen LogP contribution in [0.3, 0.4) is 0 Å². The van der Waals surface area contributed by atoms with E-state index in [4.69, 9.17) is 4.74 Å². The number of esters is 1. The Hall–Kier alpha value is -2.23. The number of hydrogen-bond acceptors (Lipinski definition) is 7. The predicted molar refractivity (Wildman–Crippen MR) is 105 cm³/mol. The molecule has 1 aromatic carbocycles. The normalized spacial score (nSPS) is 24.0. The molecule has 3 aliphatic rings. The lowest BCUT2D eigenvalue weighted by Crippen LogP contribution is -2.45. The number of amides is 1. The van der Waals surface area contributed by atoms with Crippen LogP contribution in [0.1, 0.15) is 31.2 Å². The fourth-order valence-corrected chi connectivity index (χ4v) is 4.20. The van der Waals surface area contributed by atoms with E-state index in [1.807, 2.05) is 5.01 Å². The summed E-state index contributed by atoms with van der Waals surface area (Å²) in [6, 6.07) is 3.55. The van der Waals surface area contributed by atoms with Crippen LogP contribution in [0.4, 0.5) is 4.39 Å². The third kappa shape index (κ3) is 4.26. The highest BCUT2D eigenvalue weighted by Gasteiger charge is 2.28. The van der Waals surface area contributed by atoms with Gasteiger partial charge in [-0.25, -0.2) is 14.6 Å². The molecule has 0 aromatic heterocycles. The zero-order chi connectivity index (χ0) is 19.5. The van der Waals surface area contributed by atoms with Gasteiger partial charge in [0.05, 0.1) is 4.91 Å². The Labute approximate surface area is 166 Å². The molecule has 2 N–H and O–H groups in total. The maximum atomic E-state index is 13.7. The number of hydrazine groups is 1. The molecule has 7 nitrogen and oxygen atoms in total. The maximum Gasteiger partial charge on any atom is 0.328 e. The Kier molecular flexibility index (Phi) is 5.74. The van der Waals surface area contributed by atoms with Crippen molar-refractivity contribution >= 4 is 34.9 Å². The zero-order valence-electron chi connectivity index (χ0n) is 15.2. The number of halogens is 1. The van der Waals surface area contributed by atoms with E-state index in [1.54, 1.807) is 6.08 Å². The van der Waals surface area contributed by atoms with Gasteiger partial charge in [-0.1, -0.05) is 0 Å². The molecule has 9 heteroatoms. The Morgan fingerprint density at radius 2 is 2.21 bits per heavy atom. The molecule has 1 aromatic rings. The summed E-state index contributed by atoms with van der Waals surface area (Å²) in [7, 11) is 0.